The maximum absolute atomic E-state index is 5.62. The summed E-state index contributed by atoms with van der Waals surface area (Å²) in [5.41, 5.74) is 15.1. The molecule has 14 rings (SSSR count). The fourth-order valence-electron chi connectivity index (χ4n) is 11.2. The maximum Gasteiger partial charge on any atom is 0.166 e. The largest absolute Gasteiger partial charge is 0.309 e. The first-order valence-corrected chi connectivity index (χ1v) is 24.3. The lowest BCUT2D eigenvalue weighted by molar-refractivity contribution is 0.768. The van der Waals surface area contributed by atoms with Gasteiger partial charge in [0.15, 0.2) is 17.5 Å². The van der Waals surface area contributed by atoms with Crippen molar-refractivity contribution in [3.63, 3.8) is 0 Å². The van der Waals surface area contributed by atoms with Crippen LogP contribution in [0, 0.1) is 0 Å². The topological polar surface area (TPSA) is 43.6 Å². The lowest BCUT2D eigenvalue weighted by Crippen LogP contribution is -2.28. The van der Waals surface area contributed by atoms with Crippen LogP contribution in [0.15, 0.2) is 243 Å². The summed E-state index contributed by atoms with van der Waals surface area (Å²) in [7, 11) is 0. The first kappa shape index (κ1) is 39.4. The Morgan fingerprint density at radius 2 is 0.884 bits per heavy atom. The molecule has 1 aliphatic rings. The third-order valence-electron chi connectivity index (χ3n) is 14.2. The van der Waals surface area contributed by atoms with Gasteiger partial charge in [-0.3, -0.25) is 0 Å². The Balaban J connectivity index is 1.05. The molecule has 0 saturated carbocycles. The van der Waals surface area contributed by atoms with Crippen molar-refractivity contribution in [1.29, 1.82) is 0 Å². The number of para-hydroxylation sites is 2. The van der Waals surface area contributed by atoms with Crippen LogP contribution < -0.4 is 0 Å². The highest BCUT2D eigenvalue weighted by Crippen LogP contribution is 2.58. The van der Waals surface area contributed by atoms with Crippen LogP contribution in [-0.4, -0.2) is 19.5 Å². The van der Waals surface area contributed by atoms with Gasteiger partial charge in [-0.15, -0.1) is 11.3 Å². The fourth-order valence-corrected chi connectivity index (χ4v) is 12.5. The molecule has 13 aromatic rings. The molecule has 0 saturated heterocycles. The Labute approximate surface area is 403 Å². The van der Waals surface area contributed by atoms with E-state index in [1.807, 2.05) is 0 Å². The summed E-state index contributed by atoms with van der Waals surface area (Å²) < 4.78 is 4.77. The van der Waals surface area contributed by atoms with Crippen molar-refractivity contribution in [3.8, 4) is 62.1 Å². The minimum absolute atomic E-state index is 0.574. The van der Waals surface area contributed by atoms with Crippen LogP contribution >= 0.6 is 11.3 Å². The van der Waals surface area contributed by atoms with Gasteiger partial charge in [-0.05, 0) is 87.0 Å². The lowest BCUT2D eigenvalue weighted by Gasteiger charge is -2.33. The highest BCUT2D eigenvalue weighted by atomic mass is 32.1. The van der Waals surface area contributed by atoms with E-state index in [9.17, 15) is 0 Å². The lowest BCUT2D eigenvalue weighted by atomic mass is 9.67. The van der Waals surface area contributed by atoms with Crippen LogP contribution in [0.4, 0.5) is 0 Å². The molecule has 0 spiro atoms. The van der Waals surface area contributed by atoms with Crippen LogP contribution in [0.25, 0.3) is 104 Å². The normalized spacial score (nSPS) is 12.8. The number of thiophene rings is 1. The Morgan fingerprint density at radius 1 is 0.348 bits per heavy atom. The second-order valence-corrected chi connectivity index (χ2v) is 18.9. The summed E-state index contributed by atoms with van der Waals surface area (Å²) in [6.45, 7) is 0. The van der Waals surface area contributed by atoms with Gasteiger partial charge in [-0.25, -0.2) is 15.0 Å². The zero-order valence-corrected chi connectivity index (χ0v) is 38.1. The predicted octanol–water partition coefficient (Wildman–Crippen LogP) is 16.4. The highest BCUT2D eigenvalue weighted by Gasteiger charge is 2.47. The third-order valence-corrected chi connectivity index (χ3v) is 15.4. The monoisotopic (exact) mass is 896 g/mol. The zero-order chi connectivity index (χ0) is 45.5. The molecule has 69 heavy (non-hydrogen) atoms. The summed E-state index contributed by atoms with van der Waals surface area (Å²) in [6.07, 6.45) is 0. The minimum Gasteiger partial charge on any atom is -0.309 e. The number of fused-ring (bicyclic) bond motifs is 9. The summed E-state index contributed by atoms with van der Waals surface area (Å²) in [5, 5.41) is 4.81. The Kier molecular flexibility index (Phi) is 8.95. The number of nitrogens with zero attached hydrogens (tertiary/aromatic N) is 4. The first-order valence-electron chi connectivity index (χ1n) is 23.4. The molecule has 3 aromatic heterocycles. The number of rotatable bonds is 7. The van der Waals surface area contributed by atoms with Crippen LogP contribution in [0.2, 0.25) is 0 Å². The third kappa shape index (κ3) is 5.97. The van der Waals surface area contributed by atoms with Gasteiger partial charge in [0.1, 0.15) is 0 Å². The van der Waals surface area contributed by atoms with Gasteiger partial charge in [-0.2, -0.15) is 0 Å². The first-order chi connectivity index (χ1) is 34.2. The summed E-state index contributed by atoms with van der Waals surface area (Å²) in [6, 6.07) is 87.4. The molecule has 0 radical (unpaired) electrons. The molecule has 322 valence electrons. The van der Waals surface area contributed by atoms with Crippen molar-refractivity contribution in [3.05, 3.63) is 265 Å². The SMILES string of the molecule is c1ccc(-c2ccc3c(c2)c2ccccc2n3-c2ccccc2-c2nc(-c3cccc4c3-c3ccccc3C4(c3ccccc3)c3ccccc3)nc(-c3cccc4c3sc3ccccc34)n2)cc1. The maximum atomic E-state index is 5.62. The standard InChI is InChI=1S/C64H40N4S/c1-4-20-41(21-5-1)42-38-39-57-52(40-42)45-26-11-15-35-55(45)68(57)56-36-16-12-29-49(56)61-65-62(67-63(66-61)51-32-18-30-47-46-27-13-17-37-58(46)69-60(47)51)50-31-19-34-54-59(50)48-28-10-14-33-53(48)64(54,43-22-6-2-7-23-43)44-24-8-3-9-25-44/h1-40H. The van der Waals surface area contributed by atoms with E-state index in [1.54, 1.807) is 11.3 Å². The van der Waals surface area contributed by atoms with Gasteiger partial charge in [0.25, 0.3) is 0 Å². The van der Waals surface area contributed by atoms with Crippen molar-refractivity contribution < 1.29 is 0 Å². The Morgan fingerprint density at radius 3 is 1.67 bits per heavy atom. The van der Waals surface area contributed by atoms with E-state index in [4.69, 9.17) is 15.0 Å². The van der Waals surface area contributed by atoms with Crippen molar-refractivity contribution in [2.24, 2.45) is 0 Å². The number of hydrogen-bond donors (Lipinski definition) is 0. The van der Waals surface area contributed by atoms with Crippen LogP contribution in [0.3, 0.4) is 0 Å². The molecule has 0 amide bonds. The number of hydrogen-bond acceptors (Lipinski definition) is 4. The number of benzene rings is 10. The van der Waals surface area contributed by atoms with Crippen LogP contribution in [-0.2, 0) is 5.41 Å². The second-order valence-electron chi connectivity index (χ2n) is 17.8. The number of aromatic nitrogens is 4. The van der Waals surface area contributed by atoms with E-state index in [2.05, 4.69) is 247 Å². The van der Waals surface area contributed by atoms with Crippen molar-refractivity contribution in [2.45, 2.75) is 5.41 Å². The zero-order valence-electron chi connectivity index (χ0n) is 37.3. The minimum atomic E-state index is -0.574. The average Bonchev–Trinajstić information content (AvgIpc) is 4.08. The molecular formula is C64H40N4S. The summed E-state index contributed by atoms with van der Waals surface area (Å²) in [4.78, 5) is 16.7. The van der Waals surface area contributed by atoms with E-state index in [0.717, 1.165) is 43.7 Å². The Hall–Kier alpha value is -8.77. The van der Waals surface area contributed by atoms with Gasteiger partial charge >= 0.3 is 0 Å². The quantitative estimate of drug-likeness (QED) is 0.160. The van der Waals surface area contributed by atoms with E-state index in [-0.39, 0.29) is 0 Å². The molecule has 1 aliphatic carbocycles. The molecule has 0 N–H and O–H groups in total. The van der Waals surface area contributed by atoms with Gasteiger partial charge in [0.05, 0.1) is 22.1 Å². The predicted molar refractivity (Wildman–Crippen MR) is 286 cm³/mol. The van der Waals surface area contributed by atoms with Gasteiger partial charge < -0.3 is 4.57 Å². The average molecular weight is 897 g/mol. The van der Waals surface area contributed by atoms with Crippen molar-refractivity contribution >= 4 is 53.3 Å². The summed E-state index contributed by atoms with van der Waals surface area (Å²) in [5.74, 6) is 1.87. The molecule has 0 unspecified atom stereocenters. The smallest absolute Gasteiger partial charge is 0.166 e. The van der Waals surface area contributed by atoms with E-state index in [1.165, 1.54) is 65.2 Å². The molecule has 0 fully saturated rings. The van der Waals surface area contributed by atoms with Gasteiger partial charge in [0.2, 0.25) is 0 Å². The fraction of sp³-hybridized carbons (Fsp3) is 0.0156. The van der Waals surface area contributed by atoms with E-state index >= 15 is 0 Å². The molecule has 5 heteroatoms. The van der Waals surface area contributed by atoms with Crippen LogP contribution in [0.5, 0.6) is 0 Å². The molecule has 0 bridgehead atoms. The molecule has 0 aliphatic heterocycles. The van der Waals surface area contributed by atoms with Gasteiger partial charge in [-0.1, -0.05) is 200 Å². The van der Waals surface area contributed by atoms with Crippen molar-refractivity contribution in [1.82, 2.24) is 19.5 Å². The van der Waals surface area contributed by atoms with Gasteiger partial charge in [0, 0.05) is 47.6 Å². The van der Waals surface area contributed by atoms with E-state index < -0.39 is 5.41 Å². The van der Waals surface area contributed by atoms with Crippen LogP contribution in [0.1, 0.15) is 22.3 Å². The second kappa shape index (κ2) is 15.7. The van der Waals surface area contributed by atoms with Crippen molar-refractivity contribution in [2.75, 3.05) is 0 Å². The molecule has 4 nitrogen and oxygen atoms in total. The molecule has 0 atom stereocenters. The molecule has 3 heterocycles. The summed E-state index contributed by atoms with van der Waals surface area (Å²) >= 11 is 1.79. The van der Waals surface area contributed by atoms with E-state index in [0.29, 0.717) is 17.5 Å². The highest BCUT2D eigenvalue weighted by molar-refractivity contribution is 7.26. The molecular weight excluding hydrogens is 857 g/mol. The Bertz CT molecular complexity index is 4100. The molecule has 10 aromatic carbocycles.